The Balaban J connectivity index is 3.54. The molecule has 0 spiro atoms. The number of aliphatic carboxylic acids is 1. The summed E-state index contributed by atoms with van der Waals surface area (Å²) in [7, 11) is 0. The summed E-state index contributed by atoms with van der Waals surface area (Å²) >= 11 is 0. The van der Waals surface area contributed by atoms with E-state index in [1.807, 2.05) is 0 Å². The highest BCUT2D eigenvalue weighted by Crippen LogP contribution is 2.17. The van der Waals surface area contributed by atoms with E-state index in [2.05, 4.69) is 25.7 Å². The van der Waals surface area contributed by atoms with E-state index in [0.29, 0.717) is 6.42 Å². The Hall–Kier alpha value is -1.58. The van der Waals surface area contributed by atoms with Crippen LogP contribution >= 0.6 is 0 Å². The molecule has 0 aromatic rings. The van der Waals surface area contributed by atoms with Gasteiger partial charge in [-0.05, 0) is 32.1 Å². The fraction of sp³-hybridized carbons (Fsp3) is 0.778. The van der Waals surface area contributed by atoms with Crippen LogP contribution in [0, 0.1) is 5.92 Å². The molecule has 0 saturated heterocycles. The number of rotatable bonds is 23. The summed E-state index contributed by atoms with van der Waals surface area (Å²) in [5, 5.41) is 8.97. The van der Waals surface area contributed by atoms with Crippen molar-refractivity contribution in [1.29, 1.82) is 0 Å². The Bertz CT molecular complexity index is 470. The van der Waals surface area contributed by atoms with Crippen LogP contribution in [0.2, 0.25) is 0 Å². The summed E-state index contributed by atoms with van der Waals surface area (Å²) in [6.45, 7) is 5.91. The minimum absolute atomic E-state index is 0.138. The van der Waals surface area contributed by atoms with Gasteiger partial charge in [-0.25, -0.2) is 0 Å². The number of carbonyl (C=O) groups excluding carboxylic acids is 1. The van der Waals surface area contributed by atoms with Crippen LogP contribution in [0.15, 0.2) is 24.8 Å². The largest absolute Gasteiger partial charge is 0.481 e. The predicted molar refractivity (Wildman–Crippen MR) is 130 cm³/mol. The highest BCUT2D eigenvalue weighted by atomic mass is 16.5. The number of hydrogen-bond acceptors (Lipinski definition) is 3. The zero-order valence-corrected chi connectivity index (χ0v) is 20.1. The molecule has 0 aromatic carbocycles. The number of carboxylic acids is 1. The Morgan fingerprint density at radius 2 is 1.29 bits per heavy atom. The van der Waals surface area contributed by atoms with Crippen molar-refractivity contribution >= 4 is 11.9 Å². The van der Waals surface area contributed by atoms with Crippen molar-refractivity contribution in [3.8, 4) is 0 Å². The zero-order chi connectivity index (χ0) is 23.0. The standard InChI is InChI=1S/C27H48O4/c1-3-5-6-7-8-9-10-11-12-13-14-15-16-17-18-19-20-21-22-25(24-26(28)29)27(30)31-23-4-2/h4,16-17,25H,2-3,5-15,18-24H2,1H3,(H,28,29)/b17-16+. The molecule has 31 heavy (non-hydrogen) atoms. The molecule has 0 fully saturated rings. The van der Waals surface area contributed by atoms with Crippen LogP contribution in [0.4, 0.5) is 0 Å². The average Bonchev–Trinajstić information content (AvgIpc) is 2.75. The van der Waals surface area contributed by atoms with Crippen LogP contribution in [0.5, 0.6) is 0 Å². The van der Waals surface area contributed by atoms with E-state index >= 15 is 0 Å². The van der Waals surface area contributed by atoms with Crippen LogP contribution in [-0.2, 0) is 14.3 Å². The van der Waals surface area contributed by atoms with Crippen LogP contribution in [-0.4, -0.2) is 23.7 Å². The first kappa shape index (κ1) is 29.4. The highest BCUT2D eigenvalue weighted by molar-refractivity contribution is 5.79. The maximum Gasteiger partial charge on any atom is 0.309 e. The van der Waals surface area contributed by atoms with Gasteiger partial charge in [0, 0.05) is 0 Å². The summed E-state index contributed by atoms with van der Waals surface area (Å²) in [6, 6.07) is 0. The molecule has 0 aliphatic rings. The number of esters is 1. The number of carbonyl (C=O) groups is 2. The van der Waals surface area contributed by atoms with Gasteiger partial charge in [0.15, 0.2) is 0 Å². The van der Waals surface area contributed by atoms with Crippen molar-refractivity contribution in [2.45, 2.75) is 122 Å². The maximum atomic E-state index is 11.9. The third kappa shape index (κ3) is 21.4. The van der Waals surface area contributed by atoms with Gasteiger partial charge in [0.25, 0.3) is 0 Å². The van der Waals surface area contributed by atoms with Crippen molar-refractivity contribution in [1.82, 2.24) is 0 Å². The van der Waals surface area contributed by atoms with Crippen molar-refractivity contribution in [3.05, 3.63) is 24.8 Å². The predicted octanol–water partition coefficient (Wildman–Crippen LogP) is 8.01. The van der Waals surface area contributed by atoms with Gasteiger partial charge in [0.1, 0.15) is 6.61 Å². The molecule has 0 heterocycles. The summed E-state index contributed by atoms with van der Waals surface area (Å²) in [4.78, 5) is 22.8. The lowest BCUT2D eigenvalue weighted by Gasteiger charge is -2.13. The van der Waals surface area contributed by atoms with Crippen LogP contribution in [0.1, 0.15) is 122 Å². The van der Waals surface area contributed by atoms with Crippen LogP contribution in [0.25, 0.3) is 0 Å². The Kier molecular flexibility index (Phi) is 21.9. The molecule has 180 valence electrons. The molecular weight excluding hydrogens is 388 g/mol. The molecule has 0 radical (unpaired) electrons. The minimum Gasteiger partial charge on any atom is -0.481 e. The van der Waals surface area contributed by atoms with Gasteiger partial charge in [-0.3, -0.25) is 9.59 Å². The maximum absolute atomic E-state index is 11.9. The number of ether oxygens (including phenoxy) is 1. The van der Waals surface area contributed by atoms with Crippen molar-refractivity contribution < 1.29 is 19.4 Å². The summed E-state index contributed by atoms with van der Waals surface area (Å²) in [5.74, 6) is -1.92. The van der Waals surface area contributed by atoms with Gasteiger partial charge >= 0.3 is 11.9 Å². The fourth-order valence-electron chi connectivity index (χ4n) is 3.76. The monoisotopic (exact) mass is 436 g/mol. The lowest BCUT2D eigenvalue weighted by molar-refractivity contribution is -0.152. The number of carboxylic acid groups (broad SMARTS) is 1. The van der Waals surface area contributed by atoms with E-state index in [1.165, 1.54) is 83.1 Å². The van der Waals surface area contributed by atoms with Gasteiger partial charge in [-0.15, -0.1) is 0 Å². The van der Waals surface area contributed by atoms with Gasteiger partial charge in [0.2, 0.25) is 0 Å². The van der Waals surface area contributed by atoms with Gasteiger partial charge in [-0.2, -0.15) is 0 Å². The summed E-state index contributed by atoms with van der Waals surface area (Å²) in [5.41, 5.74) is 0. The Morgan fingerprint density at radius 1 is 0.806 bits per heavy atom. The Labute approximate surface area is 191 Å². The summed E-state index contributed by atoms with van der Waals surface area (Å²) < 4.78 is 5.01. The molecule has 0 amide bonds. The first-order valence-corrected chi connectivity index (χ1v) is 12.8. The van der Waals surface area contributed by atoms with E-state index in [9.17, 15) is 9.59 Å². The lowest BCUT2D eigenvalue weighted by Crippen LogP contribution is -2.21. The molecule has 1 unspecified atom stereocenters. The molecule has 1 atom stereocenters. The molecule has 0 saturated carbocycles. The van der Waals surface area contributed by atoms with Gasteiger partial charge in [0.05, 0.1) is 12.3 Å². The number of allylic oxidation sites excluding steroid dienone is 2. The van der Waals surface area contributed by atoms with Crippen LogP contribution in [0.3, 0.4) is 0 Å². The topological polar surface area (TPSA) is 63.6 Å². The van der Waals surface area contributed by atoms with Gasteiger partial charge < -0.3 is 9.84 Å². The molecular formula is C27H48O4. The minimum atomic E-state index is -0.953. The SMILES string of the molecule is C=CCOC(=O)C(CCCCC/C=C/CCCCCCCCCCCCC)CC(=O)O. The van der Waals surface area contributed by atoms with Crippen molar-refractivity contribution in [2.75, 3.05) is 6.61 Å². The summed E-state index contributed by atoms with van der Waals surface area (Å²) in [6.07, 6.45) is 26.8. The second-order valence-electron chi connectivity index (χ2n) is 8.65. The molecule has 0 rings (SSSR count). The molecule has 0 aliphatic heterocycles. The smallest absolute Gasteiger partial charge is 0.309 e. The van der Waals surface area contributed by atoms with E-state index in [0.717, 1.165) is 25.7 Å². The van der Waals surface area contributed by atoms with E-state index in [1.54, 1.807) is 0 Å². The second-order valence-corrected chi connectivity index (χ2v) is 8.65. The quantitative estimate of drug-likeness (QED) is 0.100. The Morgan fingerprint density at radius 3 is 1.77 bits per heavy atom. The van der Waals surface area contributed by atoms with Crippen molar-refractivity contribution in [2.24, 2.45) is 5.92 Å². The average molecular weight is 437 g/mol. The molecule has 0 aromatic heterocycles. The molecule has 4 nitrogen and oxygen atoms in total. The van der Waals surface area contributed by atoms with Crippen molar-refractivity contribution in [3.63, 3.8) is 0 Å². The lowest BCUT2D eigenvalue weighted by atomic mass is 9.97. The first-order valence-electron chi connectivity index (χ1n) is 12.8. The molecule has 0 aliphatic carbocycles. The highest BCUT2D eigenvalue weighted by Gasteiger charge is 2.22. The normalized spacial score (nSPS) is 12.2. The molecule has 1 N–H and O–H groups in total. The molecule has 0 bridgehead atoms. The number of unbranched alkanes of at least 4 members (excludes halogenated alkanes) is 14. The fourth-order valence-corrected chi connectivity index (χ4v) is 3.76. The third-order valence-corrected chi connectivity index (χ3v) is 5.66. The van der Waals surface area contributed by atoms with Crippen LogP contribution < -0.4 is 0 Å². The molecule has 4 heteroatoms. The first-order chi connectivity index (χ1) is 15.1. The van der Waals surface area contributed by atoms with E-state index in [4.69, 9.17) is 9.84 Å². The van der Waals surface area contributed by atoms with Gasteiger partial charge in [-0.1, -0.05) is 109 Å². The van der Waals surface area contributed by atoms with E-state index in [-0.39, 0.29) is 13.0 Å². The van der Waals surface area contributed by atoms with E-state index < -0.39 is 17.9 Å². The zero-order valence-electron chi connectivity index (χ0n) is 20.1. The second kappa shape index (κ2) is 23.1. The third-order valence-electron chi connectivity index (χ3n) is 5.66. The number of hydrogen-bond donors (Lipinski definition) is 1.